The van der Waals surface area contributed by atoms with E-state index in [1.54, 1.807) is 0 Å². The van der Waals surface area contributed by atoms with E-state index in [2.05, 4.69) is 6.92 Å². The molecule has 6 heteroatoms. The molecule has 0 spiro atoms. The van der Waals surface area contributed by atoms with Crippen molar-refractivity contribution < 1.29 is 14.6 Å². The minimum absolute atomic E-state index is 0.114. The van der Waals surface area contributed by atoms with Crippen LogP contribution in [0.25, 0.3) is 11.3 Å². The predicted octanol–water partition coefficient (Wildman–Crippen LogP) is 3.95. The molecule has 3 aromatic rings. The summed E-state index contributed by atoms with van der Waals surface area (Å²) in [6, 6.07) is 17.1. The highest BCUT2D eigenvalue weighted by atomic mass is 16.5. The molecule has 0 saturated heterocycles. The summed E-state index contributed by atoms with van der Waals surface area (Å²) in [4.78, 5) is 12.3. The third-order valence-electron chi connectivity index (χ3n) is 5.53. The van der Waals surface area contributed by atoms with E-state index < -0.39 is 5.91 Å². The van der Waals surface area contributed by atoms with Crippen LogP contribution in [0.4, 0.5) is 0 Å². The van der Waals surface area contributed by atoms with Gasteiger partial charge in [-0.1, -0.05) is 25.1 Å². The SMILES string of the molecule is CCC1CC(CO)Cn2nc(-c3ccc(Oc4ccccc4)cc3)c(C(N)=O)c21. The van der Waals surface area contributed by atoms with E-state index in [1.165, 1.54) is 0 Å². The van der Waals surface area contributed by atoms with Gasteiger partial charge in [0.25, 0.3) is 5.91 Å². The van der Waals surface area contributed by atoms with Crippen LogP contribution in [0.1, 0.15) is 41.7 Å². The molecule has 2 atom stereocenters. The number of nitrogens with zero attached hydrogens (tertiary/aromatic N) is 2. The van der Waals surface area contributed by atoms with Gasteiger partial charge in [0.1, 0.15) is 17.2 Å². The molecule has 0 radical (unpaired) electrons. The van der Waals surface area contributed by atoms with E-state index in [1.807, 2.05) is 59.3 Å². The molecule has 2 aromatic carbocycles. The maximum Gasteiger partial charge on any atom is 0.252 e. The van der Waals surface area contributed by atoms with Gasteiger partial charge in [0.05, 0.1) is 11.3 Å². The molecule has 1 aliphatic rings. The molecule has 0 saturated carbocycles. The molecular formula is C23H25N3O3. The Kier molecular flexibility index (Phi) is 5.36. The first-order chi connectivity index (χ1) is 14.1. The molecule has 2 heterocycles. The fourth-order valence-electron chi connectivity index (χ4n) is 4.10. The Morgan fingerprint density at radius 1 is 1.17 bits per heavy atom. The fraction of sp³-hybridized carbons (Fsp3) is 0.304. The Labute approximate surface area is 169 Å². The van der Waals surface area contributed by atoms with Crippen LogP contribution in [0.2, 0.25) is 0 Å². The number of aliphatic hydroxyl groups is 1. The second-order valence-electron chi connectivity index (χ2n) is 7.48. The minimum atomic E-state index is -0.466. The maximum atomic E-state index is 12.3. The molecule has 2 unspecified atom stereocenters. The van der Waals surface area contributed by atoms with Crippen molar-refractivity contribution in [2.45, 2.75) is 32.2 Å². The van der Waals surface area contributed by atoms with Gasteiger partial charge in [0.2, 0.25) is 0 Å². The summed E-state index contributed by atoms with van der Waals surface area (Å²) in [7, 11) is 0. The number of ether oxygens (including phenoxy) is 1. The van der Waals surface area contributed by atoms with Gasteiger partial charge in [0, 0.05) is 30.6 Å². The summed E-state index contributed by atoms with van der Waals surface area (Å²) >= 11 is 0. The highest BCUT2D eigenvalue weighted by molar-refractivity contribution is 6.00. The normalized spacial score (nSPS) is 18.3. The van der Waals surface area contributed by atoms with E-state index in [0.29, 0.717) is 23.6 Å². The molecule has 3 N–H and O–H groups in total. The molecule has 4 rings (SSSR count). The second kappa shape index (κ2) is 8.09. The molecule has 0 fully saturated rings. The van der Waals surface area contributed by atoms with Crippen molar-refractivity contribution in [2.75, 3.05) is 6.61 Å². The van der Waals surface area contributed by atoms with Gasteiger partial charge in [-0.3, -0.25) is 9.48 Å². The van der Waals surface area contributed by atoms with Gasteiger partial charge in [-0.25, -0.2) is 0 Å². The van der Waals surface area contributed by atoms with Crippen molar-refractivity contribution in [2.24, 2.45) is 11.7 Å². The first-order valence-electron chi connectivity index (χ1n) is 9.95. The predicted molar refractivity (Wildman–Crippen MR) is 111 cm³/mol. The standard InChI is InChI=1S/C23H25N3O3/c1-2-16-12-15(14-27)13-26-22(16)20(23(24)28)21(25-26)17-8-10-19(11-9-17)29-18-6-4-3-5-7-18/h3-11,15-16,27H,2,12-14H2,1H3,(H2,24,28). The lowest BCUT2D eigenvalue weighted by Gasteiger charge is -2.29. The molecule has 1 aliphatic heterocycles. The first kappa shape index (κ1) is 19.2. The molecule has 1 amide bonds. The molecular weight excluding hydrogens is 366 g/mol. The van der Waals surface area contributed by atoms with Gasteiger partial charge in [0.15, 0.2) is 0 Å². The highest BCUT2D eigenvalue weighted by Crippen LogP contribution is 2.39. The number of hydrogen-bond donors (Lipinski definition) is 2. The molecule has 0 aliphatic carbocycles. The summed E-state index contributed by atoms with van der Waals surface area (Å²) in [5.41, 5.74) is 8.56. The summed E-state index contributed by atoms with van der Waals surface area (Å²) in [6.07, 6.45) is 1.70. The lowest BCUT2D eigenvalue weighted by molar-refractivity contribution is 0.0997. The Balaban J connectivity index is 1.70. The second-order valence-corrected chi connectivity index (χ2v) is 7.48. The highest BCUT2D eigenvalue weighted by Gasteiger charge is 2.33. The van der Waals surface area contributed by atoms with Crippen molar-refractivity contribution in [3.63, 3.8) is 0 Å². The van der Waals surface area contributed by atoms with E-state index in [-0.39, 0.29) is 18.4 Å². The van der Waals surface area contributed by atoms with Gasteiger partial charge < -0.3 is 15.6 Å². The van der Waals surface area contributed by atoms with Crippen LogP contribution >= 0.6 is 0 Å². The zero-order chi connectivity index (χ0) is 20.4. The van der Waals surface area contributed by atoms with Crippen LogP contribution in [0.15, 0.2) is 54.6 Å². The molecule has 29 heavy (non-hydrogen) atoms. The fourth-order valence-corrected chi connectivity index (χ4v) is 4.10. The number of fused-ring (bicyclic) bond motifs is 1. The summed E-state index contributed by atoms with van der Waals surface area (Å²) in [5, 5.41) is 14.4. The van der Waals surface area contributed by atoms with Crippen LogP contribution in [0.5, 0.6) is 11.5 Å². The number of para-hydroxylation sites is 1. The summed E-state index contributed by atoms with van der Waals surface area (Å²) in [5.74, 6) is 1.30. The number of nitrogens with two attached hydrogens (primary N) is 1. The number of rotatable bonds is 6. The number of carbonyl (C=O) groups is 1. The monoisotopic (exact) mass is 391 g/mol. The quantitative estimate of drug-likeness (QED) is 0.666. The van der Waals surface area contributed by atoms with Gasteiger partial charge in [-0.05, 0) is 49.2 Å². The summed E-state index contributed by atoms with van der Waals surface area (Å²) in [6.45, 7) is 2.79. The number of aromatic nitrogens is 2. The number of aliphatic hydroxyl groups excluding tert-OH is 1. The molecule has 6 nitrogen and oxygen atoms in total. The smallest absolute Gasteiger partial charge is 0.252 e. The van der Waals surface area contributed by atoms with E-state index in [9.17, 15) is 9.90 Å². The van der Waals surface area contributed by atoms with Crippen molar-refractivity contribution in [3.8, 4) is 22.8 Å². The number of benzene rings is 2. The van der Waals surface area contributed by atoms with Crippen molar-refractivity contribution >= 4 is 5.91 Å². The first-order valence-corrected chi connectivity index (χ1v) is 9.95. The van der Waals surface area contributed by atoms with Crippen LogP contribution in [0.3, 0.4) is 0 Å². The van der Waals surface area contributed by atoms with Crippen LogP contribution < -0.4 is 10.5 Å². The van der Waals surface area contributed by atoms with Crippen molar-refractivity contribution in [1.29, 1.82) is 0 Å². The lowest BCUT2D eigenvalue weighted by atomic mass is 9.84. The Bertz CT molecular complexity index is 996. The average Bonchev–Trinajstić information content (AvgIpc) is 3.14. The number of primary amides is 1. The largest absolute Gasteiger partial charge is 0.457 e. The van der Waals surface area contributed by atoms with Crippen molar-refractivity contribution in [3.05, 3.63) is 65.9 Å². The zero-order valence-electron chi connectivity index (χ0n) is 16.4. The average molecular weight is 391 g/mol. The maximum absolute atomic E-state index is 12.3. The molecule has 1 aromatic heterocycles. The van der Waals surface area contributed by atoms with Crippen LogP contribution in [-0.4, -0.2) is 27.4 Å². The third-order valence-corrected chi connectivity index (χ3v) is 5.53. The third kappa shape index (κ3) is 3.76. The van der Waals surface area contributed by atoms with Gasteiger partial charge >= 0.3 is 0 Å². The summed E-state index contributed by atoms with van der Waals surface area (Å²) < 4.78 is 7.71. The Morgan fingerprint density at radius 2 is 1.86 bits per heavy atom. The lowest BCUT2D eigenvalue weighted by Crippen LogP contribution is -2.28. The van der Waals surface area contributed by atoms with Crippen LogP contribution in [0, 0.1) is 5.92 Å². The number of carbonyl (C=O) groups excluding carboxylic acids is 1. The topological polar surface area (TPSA) is 90.4 Å². The number of hydrogen-bond acceptors (Lipinski definition) is 4. The Hall–Kier alpha value is -3.12. The van der Waals surface area contributed by atoms with Crippen molar-refractivity contribution in [1.82, 2.24) is 9.78 Å². The van der Waals surface area contributed by atoms with E-state index in [0.717, 1.165) is 29.8 Å². The molecule has 150 valence electrons. The van der Waals surface area contributed by atoms with E-state index in [4.69, 9.17) is 15.6 Å². The number of amides is 1. The minimum Gasteiger partial charge on any atom is -0.457 e. The van der Waals surface area contributed by atoms with Crippen LogP contribution in [-0.2, 0) is 6.54 Å². The Morgan fingerprint density at radius 3 is 2.48 bits per heavy atom. The van der Waals surface area contributed by atoms with E-state index >= 15 is 0 Å². The van der Waals surface area contributed by atoms with Gasteiger partial charge in [-0.2, -0.15) is 5.10 Å². The zero-order valence-corrected chi connectivity index (χ0v) is 16.4. The van der Waals surface area contributed by atoms with Gasteiger partial charge in [-0.15, -0.1) is 0 Å². The molecule has 0 bridgehead atoms.